The molecule has 5 heteroatoms. The van der Waals surface area contributed by atoms with Crippen LogP contribution in [0.15, 0.2) is 18.2 Å². The highest BCUT2D eigenvalue weighted by Gasteiger charge is 2.29. The van der Waals surface area contributed by atoms with E-state index >= 15 is 0 Å². The molecular formula is C15H20N2O3. The van der Waals surface area contributed by atoms with Gasteiger partial charge >= 0.3 is 0 Å². The van der Waals surface area contributed by atoms with E-state index in [0.717, 1.165) is 43.0 Å². The Morgan fingerprint density at radius 3 is 2.80 bits per heavy atom. The fourth-order valence-electron chi connectivity index (χ4n) is 2.72. The molecule has 2 aliphatic rings. The first-order valence-electron chi connectivity index (χ1n) is 7.18. The van der Waals surface area contributed by atoms with E-state index in [1.54, 1.807) is 0 Å². The number of ether oxygens (including phenoxy) is 2. The Kier molecular flexibility index (Phi) is 3.78. The van der Waals surface area contributed by atoms with E-state index in [4.69, 9.17) is 9.47 Å². The van der Waals surface area contributed by atoms with Gasteiger partial charge in [-0.05, 0) is 32.0 Å². The van der Waals surface area contributed by atoms with Crippen LogP contribution in [0.4, 0.5) is 5.69 Å². The first kappa shape index (κ1) is 13.2. The van der Waals surface area contributed by atoms with Gasteiger partial charge in [-0.25, -0.2) is 0 Å². The van der Waals surface area contributed by atoms with Gasteiger partial charge in [0.1, 0.15) is 0 Å². The third kappa shape index (κ3) is 2.45. The summed E-state index contributed by atoms with van der Waals surface area (Å²) in [6, 6.07) is 5.66. The first-order valence-corrected chi connectivity index (χ1v) is 7.18. The number of amides is 1. The molecule has 1 aromatic rings. The van der Waals surface area contributed by atoms with Gasteiger partial charge in [0, 0.05) is 24.7 Å². The van der Waals surface area contributed by atoms with Gasteiger partial charge in [-0.2, -0.15) is 0 Å². The highest BCUT2D eigenvalue weighted by molar-refractivity contribution is 5.98. The third-order valence-corrected chi connectivity index (χ3v) is 3.83. The molecule has 0 aromatic heterocycles. The number of nitrogens with zero attached hydrogens (tertiary/aromatic N) is 1. The maximum Gasteiger partial charge on any atom is 0.244 e. The monoisotopic (exact) mass is 276 g/mol. The molecule has 3 rings (SSSR count). The fraction of sp³-hybridized carbons (Fsp3) is 0.533. The lowest BCUT2D eigenvalue weighted by atomic mass is 10.0. The van der Waals surface area contributed by atoms with Crippen LogP contribution in [0.5, 0.6) is 11.5 Å². The molecule has 1 N–H and O–H groups in total. The Labute approximate surface area is 118 Å². The van der Waals surface area contributed by atoms with Gasteiger partial charge < -0.3 is 19.7 Å². The second kappa shape index (κ2) is 5.71. The molecule has 1 aromatic carbocycles. The molecular weight excluding hydrogens is 256 g/mol. The maximum absolute atomic E-state index is 12.4. The van der Waals surface area contributed by atoms with Crippen molar-refractivity contribution in [3.63, 3.8) is 0 Å². The fourth-order valence-corrected chi connectivity index (χ4v) is 2.72. The van der Waals surface area contributed by atoms with Crippen molar-refractivity contribution in [2.75, 3.05) is 31.7 Å². The number of carbonyl (C=O) groups is 1. The molecule has 0 bridgehead atoms. The van der Waals surface area contributed by atoms with E-state index in [2.05, 4.69) is 5.32 Å². The van der Waals surface area contributed by atoms with Crippen LogP contribution < -0.4 is 19.7 Å². The standard InChI is InChI=1S/C15H20N2O3/c1-16-12-4-2-7-17(15(12)18)11-5-6-13-14(10-11)20-9-3-8-19-13/h5-6,10,12,16H,2-4,7-9H2,1H3. The van der Waals surface area contributed by atoms with Crippen molar-refractivity contribution in [2.24, 2.45) is 0 Å². The minimum Gasteiger partial charge on any atom is -0.490 e. The van der Waals surface area contributed by atoms with E-state index in [1.807, 2.05) is 30.1 Å². The number of benzene rings is 1. The van der Waals surface area contributed by atoms with E-state index in [-0.39, 0.29) is 11.9 Å². The molecule has 20 heavy (non-hydrogen) atoms. The molecule has 0 saturated carbocycles. The van der Waals surface area contributed by atoms with Crippen LogP contribution in [-0.4, -0.2) is 38.8 Å². The average Bonchev–Trinajstić information content (AvgIpc) is 2.72. The number of carbonyl (C=O) groups excluding carboxylic acids is 1. The number of anilines is 1. The third-order valence-electron chi connectivity index (χ3n) is 3.83. The summed E-state index contributed by atoms with van der Waals surface area (Å²) in [6.07, 6.45) is 2.79. The van der Waals surface area contributed by atoms with Gasteiger partial charge in [0.2, 0.25) is 5.91 Å². The molecule has 108 valence electrons. The molecule has 1 saturated heterocycles. The van der Waals surface area contributed by atoms with Crippen molar-refractivity contribution in [2.45, 2.75) is 25.3 Å². The van der Waals surface area contributed by atoms with Gasteiger partial charge in [0.05, 0.1) is 19.3 Å². The molecule has 5 nitrogen and oxygen atoms in total. The van der Waals surface area contributed by atoms with Gasteiger partial charge in [0.25, 0.3) is 0 Å². The van der Waals surface area contributed by atoms with Crippen molar-refractivity contribution in [3.05, 3.63) is 18.2 Å². The predicted octanol–water partition coefficient (Wildman–Crippen LogP) is 1.56. The largest absolute Gasteiger partial charge is 0.490 e. The molecule has 1 atom stereocenters. The average molecular weight is 276 g/mol. The van der Waals surface area contributed by atoms with E-state index in [1.165, 1.54) is 0 Å². The molecule has 1 fully saturated rings. The second-order valence-corrected chi connectivity index (χ2v) is 5.15. The number of hydrogen-bond donors (Lipinski definition) is 1. The highest BCUT2D eigenvalue weighted by atomic mass is 16.5. The number of nitrogens with one attached hydrogen (secondary N) is 1. The van der Waals surface area contributed by atoms with E-state index in [9.17, 15) is 4.79 Å². The highest BCUT2D eigenvalue weighted by Crippen LogP contribution is 2.34. The van der Waals surface area contributed by atoms with Gasteiger partial charge in [-0.3, -0.25) is 4.79 Å². The Hall–Kier alpha value is -1.75. The number of piperidine rings is 1. The van der Waals surface area contributed by atoms with Crippen LogP contribution in [0, 0.1) is 0 Å². The molecule has 2 aliphatic heterocycles. The summed E-state index contributed by atoms with van der Waals surface area (Å²) < 4.78 is 11.3. The summed E-state index contributed by atoms with van der Waals surface area (Å²) >= 11 is 0. The normalized spacial score (nSPS) is 22.6. The smallest absolute Gasteiger partial charge is 0.244 e. The summed E-state index contributed by atoms with van der Waals surface area (Å²) in [6.45, 7) is 2.09. The Morgan fingerprint density at radius 2 is 2.00 bits per heavy atom. The SMILES string of the molecule is CNC1CCCN(c2ccc3c(c2)OCCCO3)C1=O. The lowest BCUT2D eigenvalue weighted by Gasteiger charge is -2.32. The summed E-state index contributed by atoms with van der Waals surface area (Å²) in [5.74, 6) is 1.63. The predicted molar refractivity (Wildman–Crippen MR) is 76.5 cm³/mol. The minimum atomic E-state index is -0.0836. The van der Waals surface area contributed by atoms with E-state index < -0.39 is 0 Å². The zero-order valence-electron chi connectivity index (χ0n) is 11.7. The number of rotatable bonds is 2. The summed E-state index contributed by atoms with van der Waals surface area (Å²) in [5.41, 5.74) is 0.888. The van der Waals surface area contributed by atoms with Crippen molar-refractivity contribution in [3.8, 4) is 11.5 Å². The minimum absolute atomic E-state index is 0.0836. The van der Waals surface area contributed by atoms with Crippen molar-refractivity contribution >= 4 is 11.6 Å². The lowest BCUT2D eigenvalue weighted by Crippen LogP contribution is -2.49. The van der Waals surface area contributed by atoms with Crippen LogP contribution in [0.2, 0.25) is 0 Å². The van der Waals surface area contributed by atoms with Crippen LogP contribution in [0.1, 0.15) is 19.3 Å². The number of hydrogen-bond acceptors (Lipinski definition) is 4. The Bertz CT molecular complexity index is 504. The Balaban J connectivity index is 1.86. The lowest BCUT2D eigenvalue weighted by molar-refractivity contribution is -0.121. The van der Waals surface area contributed by atoms with Gasteiger partial charge in [-0.15, -0.1) is 0 Å². The van der Waals surface area contributed by atoms with Crippen LogP contribution in [0.3, 0.4) is 0 Å². The van der Waals surface area contributed by atoms with Crippen LogP contribution >= 0.6 is 0 Å². The summed E-state index contributed by atoms with van der Waals surface area (Å²) in [4.78, 5) is 14.2. The summed E-state index contributed by atoms with van der Waals surface area (Å²) in [5, 5.41) is 3.08. The molecule has 2 heterocycles. The van der Waals surface area contributed by atoms with Gasteiger partial charge in [-0.1, -0.05) is 0 Å². The summed E-state index contributed by atoms with van der Waals surface area (Å²) in [7, 11) is 1.83. The van der Waals surface area contributed by atoms with Crippen LogP contribution in [0.25, 0.3) is 0 Å². The zero-order chi connectivity index (χ0) is 13.9. The molecule has 0 radical (unpaired) electrons. The molecule has 1 unspecified atom stereocenters. The topological polar surface area (TPSA) is 50.8 Å². The Morgan fingerprint density at radius 1 is 1.20 bits per heavy atom. The zero-order valence-corrected chi connectivity index (χ0v) is 11.7. The molecule has 1 amide bonds. The molecule has 0 spiro atoms. The maximum atomic E-state index is 12.4. The van der Waals surface area contributed by atoms with Crippen molar-refractivity contribution in [1.29, 1.82) is 0 Å². The van der Waals surface area contributed by atoms with Crippen molar-refractivity contribution in [1.82, 2.24) is 5.32 Å². The quantitative estimate of drug-likeness (QED) is 0.890. The van der Waals surface area contributed by atoms with Crippen molar-refractivity contribution < 1.29 is 14.3 Å². The van der Waals surface area contributed by atoms with Crippen LogP contribution in [-0.2, 0) is 4.79 Å². The second-order valence-electron chi connectivity index (χ2n) is 5.15. The number of likely N-dealkylation sites (N-methyl/N-ethyl adjacent to an activating group) is 1. The van der Waals surface area contributed by atoms with Gasteiger partial charge in [0.15, 0.2) is 11.5 Å². The molecule has 0 aliphatic carbocycles. The first-order chi connectivity index (χ1) is 9.79. The van der Waals surface area contributed by atoms with E-state index in [0.29, 0.717) is 13.2 Å². The number of fused-ring (bicyclic) bond motifs is 1.